The Morgan fingerprint density at radius 2 is 1.88 bits per heavy atom. The minimum atomic E-state index is -0.420. The van der Waals surface area contributed by atoms with Crippen LogP contribution in [0.5, 0.6) is 5.75 Å². The number of ether oxygens (including phenoxy) is 2. The van der Waals surface area contributed by atoms with Gasteiger partial charge in [0.05, 0.1) is 23.6 Å². The molecule has 0 aliphatic carbocycles. The van der Waals surface area contributed by atoms with Gasteiger partial charge >= 0.3 is 5.97 Å². The highest BCUT2D eigenvalue weighted by molar-refractivity contribution is 7.99. The number of ketones is 1. The maximum absolute atomic E-state index is 13.0. The summed E-state index contributed by atoms with van der Waals surface area (Å²) in [6, 6.07) is 9.57. The third-order valence-electron chi connectivity index (χ3n) is 5.36. The fraction of sp³-hybridized carbons (Fsp3) is 0.440. The van der Waals surface area contributed by atoms with E-state index in [0.29, 0.717) is 40.2 Å². The quantitative estimate of drug-likeness (QED) is 0.219. The molecule has 2 heterocycles. The number of aromatic amines is 1. The SMILES string of the molecule is CCOC(=O)c1c(C)[nH]c(C(=O)CSc2nnc(COc3ccccc3)n2CCC(C)C)c1C. The van der Waals surface area contributed by atoms with E-state index in [2.05, 4.69) is 29.0 Å². The highest BCUT2D eigenvalue weighted by atomic mass is 32.2. The van der Waals surface area contributed by atoms with Gasteiger partial charge in [0.1, 0.15) is 12.4 Å². The molecule has 0 saturated heterocycles. The van der Waals surface area contributed by atoms with Crippen molar-refractivity contribution in [1.82, 2.24) is 19.7 Å². The average molecular weight is 485 g/mol. The van der Waals surface area contributed by atoms with Crippen molar-refractivity contribution in [2.75, 3.05) is 12.4 Å². The van der Waals surface area contributed by atoms with E-state index in [1.807, 2.05) is 34.9 Å². The minimum absolute atomic E-state index is 0.110. The number of carbonyl (C=O) groups is 2. The Labute approximate surface area is 204 Å². The molecule has 0 fully saturated rings. The highest BCUT2D eigenvalue weighted by Crippen LogP contribution is 2.24. The molecule has 0 atom stereocenters. The van der Waals surface area contributed by atoms with Gasteiger partial charge in [0.25, 0.3) is 0 Å². The van der Waals surface area contributed by atoms with E-state index < -0.39 is 5.97 Å². The van der Waals surface area contributed by atoms with Gasteiger partial charge in [0.15, 0.2) is 16.8 Å². The molecule has 9 heteroatoms. The molecule has 3 rings (SSSR count). The van der Waals surface area contributed by atoms with Gasteiger partial charge in [-0.05, 0) is 50.8 Å². The molecular formula is C25H32N4O4S. The van der Waals surface area contributed by atoms with Gasteiger partial charge in [-0.2, -0.15) is 0 Å². The third-order valence-corrected chi connectivity index (χ3v) is 6.33. The number of aromatic nitrogens is 4. The zero-order valence-corrected chi connectivity index (χ0v) is 21.2. The van der Waals surface area contributed by atoms with E-state index in [1.165, 1.54) is 11.8 Å². The molecule has 8 nitrogen and oxygen atoms in total. The van der Waals surface area contributed by atoms with Crippen LogP contribution in [0.3, 0.4) is 0 Å². The maximum atomic E-state index is 13.0. The zero-order valence-electron chi connectivity index (χ0n) is 20.4. The number of thioether (sulfide) groups is 1. The first-order chi connectivity index (χ1) is 16.3. The second kappa shape index (κ2) is 11.9. The number of esters is 1. The van der Waals surface area contributed by atoms with Crippen molar-refractivity contribution in [2.24, 2.45) is 5.92 Å². The highest BCUT2D eigenvalue weighted by Gasteiger charge is 2.23. The Hall–Kier alpha value is -3.07. The lowest BCUT2D eigenvalue weighted by Gasteiger charge is -2.12. The molecule has 1 N–H and O–H groups in total. The third kappa shape index (κ3) is 6.28. The standard InChI is InChI=1S/C25H32N4O4S/c1-6-32-24(31)22-17(4)23(26-18(22)5)20(30)15-34-25-28-27-21(29(25)13-12-16(2)3)14-33-19-10-8-7-9-11-19/h7-11,16,26H,6,12-15H2,1-5H3. The van der Waals surface area contributed by atoms with Crippen molar-refractivity contribution in [3.05, 3.63) is 58.7 Å². The monoisotopic (exact) mass is 484 g/mol. The van der Waals surface area contributed by atoms with E-state index >= 15 is 0 Å². The second-order valence-electron chi connectivity index (χ2n) is 8.39. The van der Waals surface area contributed by atoms with E-state index in [4.69, 9.17) is 9.47 Å². The van der Waals surface area contributed by atoms with E-state index in [1.54, 1.807) is 20.8 Å². The lowest BCUT2D eigenvalue weighted by molar-refractivity contribution is 0.0525. The molecule has 0 spiro atoms. The smallest absolute Gasteiger partial charge is 0.340 e. The first-order valence-corrected chi connectivity index (χ1v) is 12.4. The van der Waals surface area contributed by atoms with Crippen molar-refractivity contribution in [3.63, 3.8) is 0 Å². The molecule has 2 aromatic heterocycles. The Bertz CT molecular complexity index is 1120. The number of nitrogens with zero attached hydrogens (tertiary/aromatic N) is 3. The molecule has 0 aliphatic rings. The minimum Gasteiger partial charge on any atom is -0.486 e. The Morgan fingerprint density at radius 1 is 1.15 bits per heavy atom. The summed E-state index contributed by atoms with van der Waals surface area (Å²) >= 11 is 1.33. The number of Topliss-reactive ketones (excluding diaryl/α,β-unsaturated/α-hetero) is 1. The first kappa shape index (κ1) is 25.6. The van der Waals surface area contributed by atoms with Gasteiger partial charge in [0, 0.05) is 12.2 Å². The van der Waals surface area contributed by atoms with Gasteiger partial charge in [-0.3, -0.25) is 4.79 Å². The van der Waals surface area contributed by atoms with Gasteiger partial charge < -0.3 is 19.0 Å². The van der Waals surface area contributed by atoms with Crippen molar-refractivity contribution in [1.29, 1.82) is 0 Å². The Kier molecular flexibility index (Phi) is 8.92. The van der Waals surface area contributed by atoms with E-state index in [9.17, 15) is 9.59 Å². The van der Waals surface area contributed by atoms with Crippen LogP contribution in [0, 0.1) is 19.8 Å². The summed E-state index contributed by atoms with van der Waals surface area (Å²) in [5, 5.41) is 9.33. The molecule has 3 aromatic rings. The zero-order chi connectivity index (χ0) is 24.7. The van der Waals surface area contributed by atoms with Crippen LogP contribution < -0.4 is 4.74 Å². The summed E-state index contributed by atoms with van der Waals surface area (Å²) in [5.74, 6) is 1.63. The predicted molar refractivity (Wildman–Crippen MR) is 132 cm³/mol. The molecule has 0 saturated carbocycles. The topological polar surface area (TPSA) is 99.1 Å². The van der Waals surface area contributed by atoms with Crippen LogP contribution in [-0.4, -0.2) is 43.9 Å². The Morgan fingerprint density at radius 3 is 2.56 bits per heavy atom. The first-order valence-electron chi connectivity index (χ1n) is 11.4. The van der Waals surface area contributed by atoms with Gasteiger partial charge in [-0.25, -0.2) is 4.79 Å². The number of aryl methyl sites for hydroxylation is 1. The fourth-order valence-electron chi connectivity index (χ4n) is 3.55. The lowest BCUT2D eigenvalue weighted by Crippen LogP contribution is -2.11. The summed E-state index contributed by atoms with van der Waals surface area (Å²) in [4.78, 5) is 28.3. The number of hydrogen-bond donors (Lipinski definition) is 1. The summed E-state index contributed by atoms with van der Waals surface area (Å²) in [5.41, 5.74) is 2.09. The second-order valence-corrected chi connectivity index (χ2v) is 9.33. The molecule has 182 valence electrons. The normalized spacial score (nSPS) is 11.1. The van der Waals surface area contributed by atoms with Gasteiger partial charge in [-0.1, -0.05) is 43.8 Å². The summed E-state index contributed by atoms with van der Waals surface area (Å²) in [6.45, 7) is 10.9. The van der Waals surface area contributed by atoms with Crippen LogP contribution in [0.4, 0.5) is 0 Å². The lowest BCUT2D eigenvalue weighted by atomic mass is 10.1. The van der Waals surface area contributed by atoms with Crippen LogP contribution in [-0.2, 0) is 17.9 Å². The summed E-state index contributed by atoms with van der Waals surface area (Å²) in [7, 11) is 0. The number of nitrogens with one attached hydrogen (secondary N) is 1. The molecule has 1 aromatic carbocycles. The van der Waals surface area contributed by atoms with Crippen LogP contribution in [0.2, 0.25) is 0 Å². The van der Waals surface area contributed by atoms with Crippen molar-refractivity contribution in [2.45, 2.75) is 59.3 Å². The van der Waals surface area contributed by atoms with Crippen molar-refractivity contribution < 1.29 is 19.1 Å². The number of benzene rings is 1. The van der Waals surface area contributed by atoms with Crippen LogP contribution in [0.15, 0.2) is 35.5 Å². The number of para-hydroxylation sites is 1. The summed E-state index contributed by atoms with van der Waals surface area (Å²) < 4.78 is 13.0. The molecule has 0 aliphatic heterocycles. The van der Waals surface area contributed by atoms with Crippen LogP contribution >= 0.6 is 11.8 Å². The predicted octanol–water partition coefficient (Wildman–Crippen LogP) is 5.00. The van der Waals surface area contributed by atoms with Crippen LogP contribution in [0.25, 0.3) is 0 Å². The largest absolute Gasteiger partial charge is 0.486 e. The molecule has 34 heavy (non-hydrogen) atoms. The molecule has 0 bridgehead atoms. The maximum Gasteiger partial charge on any atom is 0.340 e. The number of H-pyrrole nitrogens is 1. The average Bonchev–Trinajstić information content (AvgIpc) is 3.34. The summed E-state index contributed by atoms with van der Waals surface area (Å²) in [6.07, 6.45) is 0.954. The number of carbonyl (C=O) groups excluding carboxylic acids is 2. The molecule has 0 radical (unpaired) electrons. The van der Waals surface area contributed by atoms with Crippen molar-refractivity contribution >= 4 is 23.5 Å². The fourth-order valence-corrected chi connectivity index (χ4v) is 4.41. The molecule has 0 unspecified atom stereocenters. The Balaban J connectivity index is 1.73. The number of hydrogen-bond acceptors (Lipinski definition) is 7. The number of rotatable bonds is 12. The van der Waals surface area contributed by atoms with Gasteiger partial charge in [-0.15, -0.1) is 10.2 Å². The van der Waals surface area contributed by atoms with Crippen molar-refractivity contribution in [3.8, 4) is 5.75 Å². The molecule has 0 amide bonds. The molecular weight excluding hydrogens is 452 g/mol. The van der Waals surface area contributed by atoms with E-state index in [-0.39, 0.29) is 18.1 Å². The van der Waals surface area contributed by atoms with Gasteiger partial charge in [0.2, 0.25) is 0 Å². The van der Waals surface area contributed by atoms with Crippen LogP contribution in [0.1, 0.15) is 65.1 Å². The van der Waals surface area contributed by atoms with E-state index in [0.717, 1.165) is 24.5 Å².